The lowest BCUT2D eigenvalue weighted by Crippen LogP contribution is -2.30. The summed E-state index contributed by atoms with van der Waals surface area (Å²) >= 11 is 0. The molecule has 3 aromatic carbocycles. The fourth-order valence-electron chi connectivity index (χ4n) is 3.83. The van der Waals surface area contributed by atoms with Gasteiger partial charge in [0.2, 0.25) is 5.91 Å². The van der Waals surface area contributed by atoms with Gasteiger partial charge >= 0.3 is 0 Å². The number of rotatable bonds is 6. The fraction of sp³-hybridized carbons (Fsp3) is 0.261. The van der Waals surface area contributed by atoms with Gasteiger partial charge in [0.1, 0.15) is 0 Å². The molecule has 0 bridgehead atoms. The number of nitrogens with one attached hydrogen (secondary N) is 1. The summed E-state index contributed by atoms with van der Waals surface area (Å²) in [5.41, 5.74) is 2.93. The van der Waals surface area contributed by atoms with Crippen LogP contribution in [0.15, 0.2) is 65.6 Å². The third kappa shape index (κ3) is 3.60. The Morgan fingerprint density at radius 1 is 1.03 bits per heavy atom. The van der Waals surface area contributed by atoms with E-state index in [4.69, 9.17) is 0 Å². The molecule has 3 aromatic rings. The first-order chi connectivity index (χ1) is 13.9. The summed E-state index contributed by atoms with van der Waals surface area (Å²) in [6, 6.07) is 18.9. The standard InChI is InChI=1S/C23H24N2O3S/c1-16-11-13-18(14-12-16)17(2)24-22(26)10-5-15-25-20-8-3-6-19-7-4-9-21(23(19)20)29(25,27)28/h3-4,6-9,11-14,17H,5,10,15H2,1-2H3,(H,24,26)/t17-/m1/s1. The van der Waals surface area contributed by atoms with Crippen LogP contribution in [0.5, 0.6) is 0 Å². The molecule has 150 valence electrons. The van der Waals surface area contributed by atoms with Crippen LogP contribution in [0.4, 0.5) is 5.69 Å². The highest BCUT2D eigenvalue weighted by molar-refractivity contribution is 7.93. The van der Waals surface area contributed by atoms with Gasteiger partial charge in [-0.25, -0.2) is 8.42 Å². The molecule has 1 amide bonds. The fourth-order valence-corrected chi connectivity index (χ4v) is 5.58. The van der Waals surface area contributed by atoms with Crippen LogP contribution in [0.3, 0.4) is 0 Å². The molecular weight excluding hydrogens is 384 g/mol. The Morgan fingerprint density at radius 3 is 2.45 bits per heavy atom. The number of benzene rings is 3. The summed E-state index contributed by atoms with van der Waals surface area (Å²) in [6.45, 7) is 4.26. The monoisotopic (exact) mass is 408 g/mol. The Labute approximate surface area is 171 Å². The van der Waals surface area contributed by atoms with Gasteiger partial charge in [0.05, 0.1) is 16.6 Å². The minimum Gasteiger partial charge on any atom is -0.350 e. The number of hydrogen-bond acceptors (Lipinski definition) is 3. The molecule has 0 spiro atoms. The largest absolute Gasteiger partial charge is 0.350 e. The first-order valence-corrected chi connectivity index (χ1v) is 11.2. The van der Waals surface area contributed by atoms with Crippen LogP contribution in [0.1, 0.15) is 36.9 Å². The Kier molecular flexibility index (Phi) is 5.04. The average Bonchev–Trinajstić information content (AvgIpc) is 2.92. The van der Waals surface area contributed by atoms with E-state index in [1.807, 2.05) is 62.4 Å². The van der Waals surface area contributed by atoms with Crippen molar-refractivity contribution in [3.05, 3.63) is 71.8 Å². The van der Waals surface area contributed by atoms with Crippen molar-refractivity contribution in [1.29, 1.82) is 0 Å². The number of carbonyl (C=O) groups excluding carboxylic acids is 1. The highest BCUT2D eigenvalue weighted by atomic mass is 32.2. The number of hydrogen-bond donors (Lipinski definition) is 1. The molecule has 0 aliphatic carbocycles. The van der Waals surface area contributed by atoms with Gasteiger partial charge in [0, 0.05) is 18.4 Å². The van der Waals surface area contributed by atoms with Crippen LogP contribution >= 0.6 is 0 Å². The molecule has 0 radical (unpaired) electrons. The van der Waals surface area contributed by atoms with Crippen molar-refractivity contribution in [2.24, 2.45) is 0 Å². The summed E-state index contributed by atoms with van der Waals surface area (Å²) in [6.07, 6.45) is 0.727. The van der Waals surface area contributed by atoms with Crippen molar-refractivity contribution in [2.45, 2.75) is 37.6 Å². The average molecular weight is 409 g/mol. The predicted octanol–water partition coefficient (Wildman–Crippen LogP) is 4.31. The molecule has 0 saturated heterocycles. The van der Waals surface area contributed by atoms with Crippen LogP contribution in [0.25, 0.3) is 10.8 Å². The summed E-state index contributed by atoms with van der Waals surface area (Å²) < 4.78 is 27.3. The van der Waals surface area contributed by atoms with Crippen LogP contribution < -0.4 is 9.62 Å². The van der Waals surface area contributed by atoms with Gasteiger partial charge in [0.15, 0.2) is 0 Å². The third-order valence-electron chi connectivity index (χ3n) is 5.40. The van der Waals surface area contributed by atoms with Gasteiger partial charge < -0.3 is 5.32 Å². The normalized spacial score (nSPS) is 15.4. The van der Waals surface area contributed by atoms with E-state index in [9.17, 15) is 13.2 Å². The van der Waals surface area contributed by atoms with E-state index in [1.54, 1.807) is 12.1 Å². The third-order valence-corrected chi connectivity index (χ3v) is 7.26. The molecule has 4 rings (SSSR count). The van der Waals surface area contributed by atoms with Gasteiger partial charge in [-0.2, -0.15) is 0 Å². The van der Waals surface area contributed by atoms with Crippen LogP contribution in [0, 0.1) is 6.92 Å². The number of nitrogens with zero attached hydrogens (tertiary/aromatic N) is 1. The number of aryl methyl sites for hydroxylation is 1. The molecule has 0 fully saturated rings. The maximum Gasteiger partial charge on any atom is 0.265 e. The van der Waals surface area contributed by atoms with Gasteiger partial charge in [-0.1, -0.05) is 54.1 Å². The molecule has 6 heteroatoms. The van der Waals surface area contributed by atoms with Crippen molar-refractivity contribution in [3.8, 4) is 0 Å². The number of carbonyl (C=O) groups is 1. The van der Waals surface area contributed by atoms with Crippen LogP contribution in [-0.4, -0.2) is 20.9 Å². The first kappa shape index (κ1) is 19.5. The smallest absolute Gasteiger partial charge is 0.265 e. The summed E-state index contributed by atoms with van der Waals surface area (Å²) in [5.74, 6) is -0.0783. The summed E-state index contributed by atoms with van der Waals surface area (Å²) in [5, 5.41) is 4.68. The topological polar surface area (TPSA) is 66.5 Å². The van der Waals surface area contributed by atoms with E-state index in [0.29, 0.717) is 17.0 Å². The predicted molar refractivity (Wildman–Crippen MR) is 115 cm³/mol. The Morgan fingerprint density at radius 2 is 1.72 bits per heavy atom. The SMILES string of the molecule is Cc1ccc([C@@H](C)NC(=O)CCCN2c3cccc4cccc(c34)S2(=O)=O)cc1. The minimum absolute atomic E-state index is 0.0783. The van der Waals surface area contributed by atoms with E-state index in [1.165, 1.54) is 9.87 Å². The molecule has 1 heterocycles. The maximum absolute atomic E-state index is 13.0. The van der Waals surface area contributed by atoms with Crippen molar-refractivity contribution >= 4 is 32.4 Å². The van der Waals surface area contributed by atoms with Gasteiger partial charge in [0.25, 0.3) is 10.0 Å². The van der Waals surface area contributed by atoms with Gasteiger partial charge in [-0.3, -0.25) is 9.10 Å². The van der Waals surface area contributed by atoms with E-state index in [0.717, 1.165) is 16.3 Å². The molecule has 1 aliphatic rings. The summed E-state index contributed by atoms with van der Waals surface area (Å²) in [7, 11) is -3.56. The summed E-state index contributed by atoms with van der Waals surface area (Å²) in [4.78, 5) is 12.7. The second-order valence-electron chi connectivity index (χ2n) is 7.51. The van der Waals surface area contributed by atoms with Gasteiger partial charge in [-0.05, 0) is 43.4 Å². The van der Waals surface area contributed by atoms with Crippen molar-refractivity contribution < 1.29 is 13.2 Å². The quantitative estimate of drug-likeness (QED) is 0.661. The van der Waals surface area contributed by atoms with Crippen LogP contribution in [-0.2, 0) is 14.8 Å². The van der Waals surface area contributed by atoms with Crippen molar-refractivity contribution in [3.63, 3.8) is 0 Å². The highest BCUT2D eigenvalue weighted by Crippen LogP contribution is 2.41. The molecular formula is C23H24N2O3S. The molecule has 1 aliphatic heterocycles. The Balaban J connectivity index is 1.40. The molecule has 1 N–H and O–H groups in total. The van der Waals surface area contributed by atoms with Crippen LogP contribution in [0.2, 0.25) is 0 Å². The second-order valence-corrected chi connectivity index (χ2v) is 9.34. The Bertz CT molecular complexity index is 1170. The zero-order valence-corrected chi connectivity index (χ0v) is 17.4. The lowest BCUT2D eigenvalue weighted by Gasteiger charge is -2.19. The number of amides is 1. The van der Waals surface area contributed by atoms with Gasteiger partial charge in [-0.15, -0.1) is 0 Å². The second kappa shape index (κ2) is 7.52. The molecule has 0 aromatic heterocycles. The van der Waals surface area contributed by atoms with Crippen molar-refractivity contribution in [1.82, 2.24) is 5.32 Å². The zero-order chi connectivity index (χ0) is 20.6. The minimum atomic E-state index is -3.56. The van der Waals surface area contributed by atoms with Crippen molar-refractivity contribution in [2.75, 3.05) is 10.8 Å². The van der Waals surface area contributed by atoms with E-state index in [-0.39, 0.29) is 24.9 Å². The first-order valence-electron chi connectivity index (χ1n) is 9.78. The zero-order valence-electron chi connectivity index (χ0n) is 16.6. The van der Waals surface area contributed by atoms with E-state index >= 15 is 0 Å². The molecule has 0 saturated carbocycles. The van der Waals surface area contributed by atoms with E-state index in [2.05, 4.69) is 5.32 Å². The number of anilines is 1. The Hall–Kier alpha value is -2.86. The molecule has 0 unspecified atom stereocenters. The van der Waals surface area contributed by atoms with E-state index < -0.39 is 10.0 Å². The number of sulfonamides is 1. The maximum atomic E-state index is 13.0. The lowest BCUT2D eigenvalue weighted by molar-refractivity contribution is -0.121. The molecule has 29 heavy (non-hydrogen) atoms. The highest BCUT2D eigenvalue weighted by Gasteiger charge is 2.35. The molecule has 1 atom stereocenters. The molecule has 5 nitrogen and oxygen atoms in total. The lowest BCUT2D eigenvalue weighted by atomic mass is 10.1.